The Kier molecular flexibility index (Phi) is 4.98. The van der Waals surface area contributed by atoms with Crippen LogP contribution in [0.25, 0.3) is 0 Å². The molecule has 2 aromatic rings. The average molecular weight is 382 g/mol. The second kappa shape index (κ2) is 7.58. The van der Waals surface area contributed by atoms with Gasteiger partial charge in [0.25, 0.3) is 0 Å². The first-order valence-corrected chi connectivity index (χ1v) is 9.52. The van der Waals surface area contributed by atoms with Crippen molar-refractivity contribution >= 4 is 11.9 Å². The van der Waals surface area contributed by atoms with E-state index in [1.165, 1.54) is 12.1 Å². The molecule has 2 aliphatic heterocycles. The van der Waals surface area contributed by atoms with Crippen molar-refractivity contribution in [3.8, 4) is 0 Å². The number of hydrogen-bond donors (Lipinski definition) is 1. The van der Waals surface area contributed by atoms with Crippen molar-refractivity contribution in [2.24, 2.45) is 0 Å². The lowest BCUT2D eigenvalue weighted by atomic mass is 9.95. The number of benzene rings is 1. The average Bonchev–Trinajstić information content (AvgIpc) is 3.27. The van der Waals surface area contributed by atoms with Gasteiger partial charge in [-0.05, 0) is 48.2 Å². The topological polar surface area (TPSA) is 65.5 Å². The Balaban J connectivity index is 1.40. The van der Waals surface area contributed by atoms with Crippen molar-refractivity contribution in [2.45, 2.75) is 37.9 Å². The fraction of sp³-hybridized carbons (Fsp3) is 0.381. The fourth-order valence-electron chi connectivity index (χ4n) is 4.19. The molecule has 0 saturated carbocycles. The number of amides is 3. The molecule has 6 nitrogen and oxygen atoms in total. The molecule has 0 aliphatic carbocycles. The van der Waals surface area contributed by atoms with Gasteiger partial charge in [-0.25, -0.2) is 9.18 Å². The molecule has 1 atom stereocenters. The maximum absolute atomic E-state index is 13.3. The molecular weight excluding hydrogens is 359 g/mol. The first-order chi connectivity index (χ1) is 13.6. The third-order valence-corrected chi connectivity index (χ3v) is 5.72. The summed E-state index contributed by atoms with van der Waals surface area (Å²) in [5.74, 6) is -0.179. The van der Waals surface area contributed by atoms with Crippen LogP contribution < -0.4 is 5.32 Å². The second-order valence-corrected chi connectivity index (χ2v) is 7.52. The summed E-state index contributed by atoms with van der Waals surface area (Å²) in [5.41, 5.74) is 1.47. The molecule has 4 rings (SSSR count). The van der Waals surface area contributed by atoms with Gasteiger partial charge in [0.15, 0.2) is 0 Å². The standard InChI is InChI=1S/C21H23FN4O2/c22-18-3-1-2-17(12-18)13-24-20(28)25-11-8-21(15-25)7-4-19(27)26(21)14-16-5-9-23-10-6-16/h1-3,5-6,9-10,12H,4,7-8,11,13-15H2,(H,24,28). The van der Waals surface area contributed by atoms with Crippen LogP contribution in [0, 0.1) is 5.82 Å². The third kappa shape index (κ3) is 3.69. The van der Waals surface area contributed by atoms with Crippen molar-refractivity contribution in [2.75, 3.05) is 13.1 Å². The van der Waals surface area contributed by atoms with Gasteiger partial charge in [0.05, 0.1) is 5.54 Å². The minimum Gasteiger partial charge on any atom is -0.334 e. The predicted octanol–water partition coefficient (Wildman–Crippen LogP) is 2.70. The maximum Gasteiger partial charge on any atom is 0.317 e. The lowest BCUT2D eigenvalue weighted by molar-refractivity contribution is -0.131. The molecule has 1 aromatic carbocycles. The van der Waals surface area contributed by atoms with Crippen LogP contribution >= 0.6 is 0 Å². The van der Waals surface area contributed by atoms with Gasteiger partial charge < -0.3 is 15.1 Å². The number of urea groups is 1. The van der Waals surface area contributed by atoms with E-state index < -0.39 is 0 Å². The minimum atomic E-state index is -0.317. The van der Waals surface area contributed by atoms with Crippen LogP contribution in [-0.2, 0) is 17.9 Å². The van der Waals surface area contributed by atoms with Gasteiger partial charge in [-0.1, -0.05) is 12.1 Å². The number of halogens is 1. The van der Waals surface area contributed by atoms with Gasteiger partial charge in [0, 0.05) is 45.0 Å². The molecule has 1 aromatic heterocycles. The number of carbonyl (C=O) groups excluding carboxylic acids is 2. The lowest BCUT2D eigenvalue weighted by Gasteiger charge is -2.35. The van der Waals surface area contributed by atoms with Crippen molar-refractivity contribution in [1.29, 1.82) is 0 Å². The summed E-state index contributed by atoms with van der Waals surface area (Å²) >= 11 is 0. The molecule has 2 aliphatic rings. The quantitative estimate of drug-likeness (QED) is 0.884. The molecule has 2 fully saturated rings. The number of pyridine rings is 1. The summed E-state index contributed by atoms with van der Waals surface area (Å²) in [5, 5.41) is 2.86. The number of carbonyl (C=O) groups is 2. The van der Waals surface area contributed by atoms with Crippen LogP contribution in [0.1, 0.15) is 30.4 Å². The molecule has 2 saturated heterocycles. The second-order valence-electron chi connectivity index (χ2n) is 7.52. The monoisotopic (exact) mass is 382 g/mol. The fourth-order valence-corrected chi connectivity index (χ4v) is 4.19. The normalized spacial score (nSPS) is 21.5. The Bertz CT molecular complexity index is 876. The molecule has 146 valence electrons. The molecule has 3 heterocycles. The van der Waals surface area contributed by atoms with E-state index in [9.17, 15) is 14.0 Å². The van der Waals surface area contributed by atoms with Crippen molar-refractivity contribution in [1.82, 2.24) is 20.1 Å². The van der Waals surface area contributed by atoms with E-state index in [0.717, 1.165) is 24.0 Å². The number of aromatic nitrogens is 1. The Morgan fingerprint density at radius 2 is 2.00 bits per heavy atom. The van der Waals surface area contributed by atoms with E-state index in [1.54, 1.807) is 29.4 Å². The number of rotatable bonds is 4. The van der Waals surface area contributed by atoms with Gasteiger partial charge in [-0.3, -0.25) is 9.78 Å². The van der Waals surface area contributed by atoms with Crippen LogP contribution in [0.15, 0.2) is 48.8 Å². The molecule has 0 bridgehead atoms. The number of hydrogen-bond acceptors (Lipinski definition) is 3. The number of nitrogens with zero attached hydrogens (tertiary/aromatic N) is 3. The summed E-state index contributed by atoms with van der Waals surface area (Å²) in [4.78, 5) is 32.8. The first-order valence-electron chi connectivity index (χ1n) is 9.52. The zero-order chi connectivity index (χ0) is 19.6. The molecular formula is C21H23FN4O2. The summed E-state index contributed by atoms with van der Waals surface area (Å²) in [7, 11) is 0. The van der Waals surface area contributed by atoms with Crippen molar-refractivity contribution in [3.63, 3.8) is 0 Å². The zero-order valence-corrected chi connectivity index (χ0v) is 15.6. The van der Waals surface area contributed by atoms with Crippen LogP contribution in [0.3, 0.4) is 0 Å². The lowest BCUT2D eigenvalue weighted by Crippen LogP contribution is -2.49. The highest BCUT2D eigenvalue weighted by Crippen LogP contribution is 2.39. The van der Waals surface area contributed by atoms with Crippen molar-refractivity contribution in [3.05, 3.63) is 65.7 Å². The first kappa shape index (κ1) is 18.4. The molecule has 1 spiro atoms. The minimum absolute atomic E-state index is 0.138. The SMILES string of the molecule is O=C(NCc1cccc(F)c1)N1CCC2(CCC(=O)N2Cc2ccncc2)C1. The van der Waals surface area contributed by atoms with E-state index in [2.05, 4.69) is 10.3 Å². The molecule has 3 amide bonds. The Hall–Kier alpha value is -2.96. The Morgan fingerprint density at radius 1 is 1.18 bits per heavy atom. The highest BCUT2D eigenvalue weighted by atomic mass is 19.1. The highest BCUT2D eigenvalue weighted by molar-refractivity contribution is 5.81. The summed E-state index contributed by atoms with van der Waals surface area (Å²) in [6, 6.07) is 9.85. The smallest absolute Gasteiger partial charge is 0.317 e. The molecule has 1 N–H and O–H groups in total. The maximum atomic E-state index is 13.3. The Labute approximate surface area is 163 Å². The van der Waals surface area contributed by atoms with Crippen LogP contribution in [0.2, 0.25) is 0 Å². The number of nitrogens with one attached hydrogen (secondary N) is 1. The molecule has 1 unspecified atom stereocenters. The molecule has 7 heteroatoms. The van der Waals surface area contributed by atoms with E-state index in [-0.39, 0.29) is 29.8 Å². The van der Waals surface area contributed by atoms with E-state index in [4.69, 9.17) is 0 Å². The zero-order valence-electron chi connectivity index (χ0n) is 15.6. The van der Waals surface area contributed by atoms with Gasteiger partial charge in [0.2, 0.25) is 5.91 Å². The van der Waals surface area contributed by atoms with Crippen molar-refractivity contribution < 1.29 is 14.0 Å². The summed E-state index contributed by atoms with van der Waals surface area (Å²) in [6.07, 6.45) is 5.51. The third-order valence-electron chi connectivity index (χ3n) is 5.72. The molecule has 28 heavy (non-hydrogen) atoms. The predicted molar refractivity (Wildman–Crippen MR) is 102 cm³/mol. The summed E-state index contributed by atoms with van der Waals surface area (Å²) in [6.45, 7) is 1.95. The Morgan fingerprint density at radius 3 is 2.79 bits per heavy atom. The van der Waals surface area contributed by atoms with Gasteiger partial charge >= 0.3 is 6.03 Å². The van der Waals surface area contributed by atoms with Crippen LogP contribution in [-0.4, -0.2) is 45.4 Å². The van der Waals surface area contributed by atoms with Gasteiger partial charge in [0.1, 0.15) is 5.82 Å². The summed E-state index contributed by atoms with van der Waals surface area (Å²) < 4.78 is 13.3. The van der Waals surface area contributed by atoms with E-state index in [1.807, 2.05) is 17.0 Å². The van der Waals surface area contributed by atoms with Gasteiger partial charge in [-0.15, -0.1) is 0 Å². The van der Waals surface area contributed by atoms with Crippen LogP contribution in [0.5, 0.6) is 0 Å². The van der Waals surface area contributed by atoms with Gasteiger partial charge in [-0.2, -0.15) is 0 Å². The highest BCUT2D eigenvalue weighted by Gasteiger charge is 2.50. The van der Waals surface area contributed by atoms with Crippen LogP contribution in [0.4, 0.5) is 9.18 Å². The largest absolute Gasteiger partial charge is 0.334 e. The van der Waals surface area contributed by atoms with E-state index >= 15 is 0 Å². The number of likely N-dealkylation sites (tertiary alicyclic amines) is 2. The molecule has 0 radical (unpaired) electrons. The van der Waals surface area contributed by atoms with E-state index in [0.29, 0.717) is 26.1 Å².